The van der Waals surface area contributed by atoms with E-state index >= 15 is 0 Å². The van der Waals surface area contributed by atoms with Crippen LogP contribution in [0.2, 0.25) is 10.0 Å². The van der Waals surface area contributed by atoms with E-state index in [1.807, 2.05) is 30.3 Å². The first-order valence-electron chi connectivity index (χ1n) is 8.91. The van der Waals surface area contributed by atoms with Crippen molar-refractivity contribution in [1.29, 1.82) is 0 Å². The molecule has 0 heterocycles. The maximum absolute atomic E-state index is 12.6. The molecule has 0 fully saturated rings. The molecular formula is C20H23Cl2NO4P+. The Morgan fingerprint density at radius 1 is 1.14 bits per heavy atom. The van der Waals surface area contributed by atoms with E-state index in [0.717, 1.165) is 11.1 Å². The summed E-state index contributed by atoms with van der Waals surface area (Å²) >= 11 is 12.1. The zero-order valence-electron chi connectivity index (χ0n) is 15.8. The van der Waals surface area contributed by atoms with Crippen molar-refractivity contribution in [3.63, 3.8) is 0 Å². The molecule has 2 rings (SSSR count). The highest BCUT2D eigenvalue weighted by molar-refractivity contribution is 7.39. The highest BCUT2D eigenvalue weighted by Gasteiger charge is 2.35. The summed E-state index contributed by atoms with van der Waals surface area (Å²) in [4.78, 5) is 17.6. The Morgan fingerprint density at radius 2 is 1.86 bits per heavy atom. The number of carbonyl (C=O) groups excluding carboxylic acids is 1. The van der Waals surface area contributed by atoms with Crippen LogP contribution in [0.5, 0.6) is 0 Å². The molecule has 0 bridgehead atoms. The molecule has 0 aromatic heterocycles. The van der Waals surface area contributed by atoms with Gasteiger partial charge in [0.15, 0.2) is 0 Å². The van der Waals surface area contributed by atoms with Crippen LogP contribution >= 0.6 is 31.2 Å². The fourth-order valence-electron chi connectivity index (χ4n) is 2.61. The van der Waals surface area contributed by atoms with Gasteiger partial charge in [0.1, 0.15) is 6.61 Å². The number of carbonyl (C=O) groups is 1. The van der Waals surface area contributed by atoms with Crippen LogP contribution in [0, 0.1) is 0 Å². The van der Waals surface area contributed by atoms with Crippen molar-refractivity contribution in [2.24, 2.45) is 0 Å². The molecule has 0 spiro atoms. The molecule has 0 radical (unpaired) electrons. The summed E-state index contributed by atoms with van der Waals surface area (Å²) < 4.78 is 17.9. The predicted octanol–water partition coefficient (Wildman–Crippen LogP) is 6.18. The minimum Gasteiger partial charge on any atom is -0.273 e. The third kappa shape index (κ3) is 6.84. The number of hydroxylamine groups is 2. The molecule has 2 aromatic rings. The van der Waals surface area contributed by atoms with Gasteiger partial charge in [-0.2, -0.15) is 0 Å². The molecule has 1 amide bonds. The van der Waals surface area contributed by atoms with Crippen LogP contribution in [-0.2, 0) is 25.3 Å². The molecule has 0 saturated carbocycles. The number of benzene rings is 2. The molecule has 0 aliphatic carbocycles. The van der Waals surface area contributed by atoms with Crippen molar-refractivity contribution < 1.29 is 18.7 Å². The molecule has 2 aromatic carbocycles. The van der Waals surface area contributed by atoms with Gasteiger partial charge in [0.25, 0.3) is 0 Å². The number of rotatable bonds is 10. The quantitative estimate of drug-likeness (QED) is 0.325. The number of amides is 1. The largest absolute Gasteiger partial charge is 0.516 e. The van der Waals surface area contributed by atoms with Crippen LogP contribution in [0.4, 0.5) is 0 Å². The van der Waals surface area contributed by atoms with Crippen molar-refractivity contribution in [1.82, 2.24) is 5.06 Å². The molecule has 0 saturated heterocycles. The van der Waals surface area contributed by atoms with Crippen LogP contribution in [0.1, 0.15) is 37.1 Å². The van der Waals surface area contributed by atoms with E-state index in [0.29, 0.717) is 23.1 Å². The normalized spacial score (nSPS) is 12.5. The van der Waals surface area contributed by atoms with Crippen LogP contribution in [0.3, 0.4) is 0 Å². The minimum absolute atomic E-state index is 0.226. The lowest BCUT2D eigenvalue weighted by Crippen LogP contribution is -2.30. The number of nitrogens with zero attached hydrogens (tertiary/aromatic N) is 1. The Balaban J connectivity index is 2.09. The first kappa shape index (κ1) is 22.8. The molecule has 0 N–H and O–H groups in total. The first-order valence-corrected chi connectivity index (χ1v) is 10.9. The summed E-state index contributed by atoms with van der Waals surface area (Å²) in [5, 5.41) is 2.09. The highest BCUT2D eigenvalue weighted by atomic mass is 35.5. The lowest BCUT2D eigenvalue weighted by atomic mass is 10.1. The van der Waals surface area contributed by atoms with E-state index in [4.69, 9.17) is 32.6 Å². The summed E-state index contributed by atoms with van der Waals surface area (Å²) in [6.45, 7) is 4.08. The second-order valence-electron chi connectivity index (χ2n) is 6.06. The minimum atomic E-state index is -1.99. The van der Waals surface area contributed by atoms with Crippen LogP contribution < -0.4 is 0 Å². The maximum Gasteiger partial charge on any atom is 0.516 e. The fraction of sp³-hybridized carbons (Fsp3) is 0.350. The summed E-state index contributed by atoms with van der Waals surface area (Å²) in [6, 6.07) is 14.7. The number of hydrogen-bond donors (Lipinski definition) is 0. The van der Waals surface area contributed by atoms with Gasteiger partial charge in [0.05, 0.1) is 23.2 Å². The monoisotopic (exact) mass is 442 g/mol. The molecule has 0 aliphatic heterocycles. The molecule has 0 aliphatic rings. The summed E-state index contributed by atoms with van der Waals surface area (Å²) in [5.41, 5.74) is 1.26. The average Bonchev–Trinajstić information content (AvgIpc) is 2.67. The second-order valence-corrected chi connectivity index (χ2v) is 8.33. The van der Waals surface area contributed by atoms with Crippen LogP contribution in [-0.4, -0.2) is 24.1 Å². The standard InChI is InChI=1S/C20H23Cl2NO4P/c1-3-27-28(25)20(17-9-10-18(21)19(22)13-17)11-12-23(15(2)24)26-14-16-7-5-4-6-8-16/h4-10,13,20H,3,11-12,14H2,1-2H3/q+1. The van der Waals surface area contributed by atoms with Gasteiger partial charge < -0.3 is 0 Å². The van der Waals surface area contributed by atoms with Crippen molar-refractivity contribution in [3.8, 4) is 0 Å². The van der Waals surface area contributed by atoms with Gasteiger partial charge >= 0.3 is 8.03 Å². The first-order chi connectivity index (χ1) is 13.4. The van der Waals surface area contributed by atoms with Crippen molar-refractivity contribution >= 4 is 37.1 Å². The van der Waals surface area contributed by atoms with Gasteiger partial charge in [-0.1, -0.05) is 59.6 Å². The third-order valence-electron chi connectivity index (χ3n) is 4.03. The van der Waals surface area contributed by atoms with E-state index in [-0.39, 0.29) is 19.1 Å². The van der Waals surface area contributed by atoms with Crippen LogP contribution in [0.15, 0.2) is 48.5 Å². The van der Waals surface area contributed by atoms with E-state index in [2.05, 4.69) is 0 Å². The Morgan fingerprint density at radius 3 is 2.46 bits per heavy atom. The van der Waals surface area contributed by atoms with E-state index in [9.17, 15) is 9.36 Å². The summed E-state index contributed by atoms with van der Waals surface area (Å²) in [7, 11) is -1.99. The van der Waals surface area contributed by atoms with Gasteiger partial charge in [0, 0.05) is 18.9 Å². The smallest absolute Gasteiger partial charge is 0.273 e. The van der Waals surface area contributed by atoms with Crippen molar-refractivity contribution in [3.05, 3.63) is 69.7 Å². The zero-order chi connectivity index (χ0) is 20.5. The Bertz CT molecular complexity index is 804. The van der Waals surface area contributed by atoms with Gasteiger partial charge in [-0.25, -0.2) is 5.06 Å². The maximum atomic E-state index is 12.6. The van der Waals surface area contributed by atoms with Crippen molar-refractivity contribution in [2.45, 2.75) is 32.5 Å². The number of halogens is 2. The summed E-state index contributed by atoms with van der Waals surface area (Å²) in [6.07, 6.45) is 0.390. The molecule has 150 valence electrons. The fourth-order valence-corrected chi connectivity index (χ4v) is 4.08. The Kier molecular flexibility index (Phi) is 9.36. The molecule has 28 heavy (non-hydrogen) atoms. The highest BCUT2D eigenvalue weighted by Crippen LogP contribution is 2.45. The lowest BCUT2D eigenvalue weighted by molar-refractivity contribution is -0.189. The van der Waals surface area contributed by atoms with E-state index < -0.39 is 13.7 Å². The lowest BCUT2D eigenvalue weighted by Gasteiger charge is -2.21. The molecular weight excluding hydrogens is 420 g/mol. The van der Waals surface area contributed by atoms with Crippen molar-refractivity contribution in [2.75, 3.05) is 13.2 Å². The Labute approximate surface area is 176 Å². The van der Waals surface area contributed by atoms with Gasteiger partial charge in [0.2, 0.25) is 11.6 Å². The van der Waals surface area contributed by atoms with Gasteiger partial charge in [-0.15, -0.1) is 4.52 Å². The molecule has 5 nitrogen and oxygen atoms in total. The SMILES string of the molecule is CCO[P+](=O)C(CCN(OCc1ccccc1)C(C)=O)c1ccc(Cl)c(Cl)c1. The molecule has 2 unspecified atom stereocenters. The van der Waals surface area contributed by atoms with Crippen LogP contribution in [0.25, 0.3) is 0 Å². The van der Waals surface area contributed by atoms with E-state index in [1.54, 1.807) is 25.1 Å². The average molecular weight is 443 g/mol. The predicted molar refractivity (Wildman–Crippen MR) is 112 cm³/mol. The topological polar surface area (TPSA) is 55.8 Å². The summed E-state index contributed by atoms with van der Waals surface area (Å²) in [5.74, 6) is -0.226. The second kappa shape index (κ2) is 11.5. The molecule has 2 atom stereocenters. The molecule has 8 heteroatoms. The van der Waals surface area contributed by atoms with Gasteiger partial charge in [-0.3, -0.25) is 9.63 Å². The van der Waals surface area contributed by atoms with E-state index in [1.165, 1.54) is 12.0 Å². The zero-order valence-corrected chi connectivity index (χ0v) is 18.2. The third-order valence-corrected chi connectivity index (χ3v) is 6.34. The van der Waals surface area contributed by atoms with Gasteiger partial charge in [-0.05, 0) is 29.2 Å². The number of hydrogen-bond acceptors (Lipinski definition) is 4. The Hall–Kier alpha value is -1.49.